The van der Waals surface area contributed by atoms with Gasteiger partial charge in [0, 0.05) is 37.2 Å². The lowest BCUT2D eigenvalue weighted by Gasteiger charge is -2.24. The minimum absolute atomic E-state index is 0.0102. The number of amides is 1. The summed E-state index contributed by atoms with van der Waals surface area (Å²) in [7, 11) is 1.35. The van der Waals surface area contributed by atoms with Gasteiger partial charge in [-0.2, -0.15) is 0 Å². The first-order valence-electron chi connectivity index (χ1n) is 11.9. The molecule has 0 saturated carbocycles. The van der Waals surface area contributed by atoms with E-state index in [0.29, 0.717) is 48.0 Å². The van der Waals surface area contributed by atoms with Crippen molar-refractivity contribution in [2.45, 2.75) is 64.6 Å². The fraction of sp³-hybridized carbons (Fsp3) is 0.625. The van der Waals surface area contributed by atoms with E-state index in [9.17, 15) is 9.59 Å². The number of fused-ring (bicyclic) bond motifs is 1. The van der Waals surface area contributed by atoms with Crippen LogP contribution in [0.5, 0.6) is 0 Å². The molecule has 0 radical (unpaired) electrons. The molecule has 2 saturated heterocycles. The van der Waals surface area contributed by atoms with Crippen LogP contribution in [0.3, 0.4) is 0 Å². The van der Waals surface area contributed by atoms with Gasteiger partial charge in [0.1, 0.15) is 5.65 Å². The molecule has 0 aliphatic carbocycles. The molecule has 4 heterocycles. The van der Waals surface area contributed by atoms with E-state index in [0.717, 1.165) is 44.6 Å². The van der Waals surface area contributed by atoms with Crippen molar-refractivity contribution < 1.29 is 23.8 Å². The van der Waals surface area contributed by atoms with Crippen LogP contribution in [0.1, 0.15) is 56.4 Å². The number of rotatable bonds is 8. The molecule has 0 spiro atoms. The molecule has 9 heteroatoms. The zero-order chi connectivity index (χ0) is 23.4. The van der Waals surface area contributed by atoms with E-state index in [1.54, 1.807) is 6.20 Å². The van der Waals surface area contributed by atoms with E-state index < -0.39 is 5.97 Å². The first-order valence-corrected chi connectivity index (χ1v) is 11.9. The Bertz CT molecular complexity index is 992. The van der Waals surface area contributed by atoms with Gasteiger partial charge in [0.05, 0.1) is 37.3 Å². The molecule has 2 fully saturated rings. The highest BCUT2D eigenvalue weighted by Gasteiger charge is 2.29. The quantitative estimate of drug-likeness (QED) is 0.583. The topological polar surface area (TPSA) is 104 Å². The summed E-state index contributed by atoms with van der Waals surface area (Å²) in [6, 6.07) is 2.26. The lowest BCUT2D eigenvalue weighted by molar-refractivity contribution is -0.119. The Morgan fingerprint density at radius 1 is 1.27 bits per heavy atom. The molecule has 2 aliphatic heterocycles. The molecule has 2 aromatic heterocycles. The van der Waals surface area contributed by atoms with Crippen molar-refractivity contribution in [2.24, 2.45) is 5.92 Å². The molecule has 180 valence electrons. The van der Waals surface area contributed by atoms with Crippen LogP contribution in [0.4, 0.5) is 11.4 Å². The van der Waals surface area contributed by atoms with Crippen molar-refractivity contribution in [3.05, 3.63) is 18.0 Å². The fourth-order valence-electron chi connectivity index (χ4n) is 4.42. The van der Waals surface area contributed by atoms with Crippen LogP contribution in [-0.2, 0) is 25.5 Å². The largest absolute Gasteiger partial charge is 0.464 e. The second-order valence-corrected chi connectivity index (χ2v) is 8.89. The molecule has 9 nitrogen and oxygen atoms in total. The molecule has 2 aromatic rings. The zero-order valence-electron chi connectivity index (χ0n) is 19.7. The molecule has 0 aromatic carbocycles. The predicted molar refractivity (Wildman–Crippen MR) is 126 cm³/mol. The number of carbonyl (C=O) groups is 2. The van der Waals surface area contributed by atoms with Crippen molar-refractivity contribution >= 4 is 34.3 Å². The minimum Gasteiger partial charge on any atom is -0.464 e. The van der Waals surface area contributed by atoms with E-state index in [-0.39, 0.29) is 17.9 Å². The Hall–Kier alpha value is -2.65. The summed E-state index contributed by atoms with van der Waals surface area (Å²) in [4.78, 5) is 30.5. The van der Waals surface area contributed by atoms with Crippen LogP contribution in [0.15, 0.2) is 12.3 Å². The van der Waals surface area contributed by atoms with Gasteiger partial charge in [-0.1, -0.05) is 13.8 Å². The molecular weight excluding hydrogens is 424 g/mol. The van der Waals surface area contributed by atoms with Gasteiger partial charge in [0.2, 0.25) is 5.91 Å². The predicted octanol–water partition coefficient (Wildman–Crippen LogP) is 3.58. The normalized spacial score (nSPS) is 20.0. The number of methoxy groups -OCH3 is 1. The van der Waals surface area contributed by atoms with Gasteiger partial charge in [0.25, 0.3) is 0 Å². The number of ether oxygens (including phenoxy) is 3. The van der Waals surface area contributed by atoms with E-state index in [1.165, 1.54) is 7.11 Å². The summed E-state index contributed by atoms with van der Waals surface area (Å²) in [6.07, 6.45) is 6.21. The van der Waals surface area contributed by atoms with Crippen molar-refractivity contribution in [3.8, 4) is 0 Å². The Morgan fingerprint density at radius 2 is 2.06 bits per heavy atom. The van der Waals surface area contributed by atoms with E-state index >= 15 is 0 Å². The summed E-state index contributed by atoms with van der Waals surface area (Å²) in [5.74, 6) is -0.838. The number of hydrogen-bond donors (Lipinski definition) is 2. The summed E-state index contributed by atoms with van der Waals surface area (Å²) in [6.45, 7) is 6.47. The van der Waals surface area contributed by atoms with Crippen LogP contribution >= 0.6 is 0 Å². The molecule has 4 rings (SSSR count). The number of hydrogen-bond acceptors (Lipinski definition) is 7. The van der Waals surface area contributed by atoms with Gasteiger partial charge < -0.3 is 29.4 Å². The Balaban J connectivity index is 1.79. The lowest BCUT2D eigenvalue weighted by atomic mass is 10.1. The molecule has 1 amide bonds. The van der Waals surface area contributed by atoms with Gasteiger partial charge in [-0.3, -0.25) is 4.79 Å². The highest BCUT2D eigenvalue weighted by atomic mass is 16.5. The molecule has 2 aliphatic rings. The highest BCUT2D eigenvalue weighted by molar-refractivity contribution is 6.11. The minimum atomic E-state index is -0.510. The smallest absolute Gasteiger partial charge is 0.356 e. The SMILES string of the molecule is CC[C@@H](C)C(=O)Nc1c(C(=O)OC)n(C[C@H]2CCCO2)c2ncc(NC3CCOCC3)cc12. The third-order valence-corrected chi connectivity index (χ3v) is 6.59. The maximum absolute atomic E-state index is 12.9. The maximum Gasteiger partial charge on any atom is 0.356 e. The molecule has 0 bridgehead atoms. The molecular formula is C24H34N4O5. The first kappa shape index (κ1) is 23.5. The standard InChI is InChI=1S/C24H34N4O5/c1-4-15(2)23(29)27-20-19-12-17(26-16-7-10-32-11-8-16)13-25-22(19)28(21(20)24(30)31-3)14-18-6-5-9-33-18/h12-13,15-16,18,26H,4-11,14H2,1-3H3,(H,27,29)/t15-,18-/m1/s1. The summed E-state index contributed by atoms with van der Waals surface area (Å²) < 4.78 is 18.2. The number of nitrogens with one attached hydrogen (secondary N) is 2. The van der Waals surface area contributed by atoms with Crippen molar-refractivity contribution in [3.63, 3.8) is 0 Å². The molecule has 33 heavy (non-hydrogen) atoms. The van der Waals surface area contributed by atoms with Crippen molar-refractivity contribution in [2.75, 3.05) is 37.6 Å². The van der Waals surface area contributed by atoms with E-state index in [1.807, 2.05) is 24.5 Å². The number of aromatic nitrogens is 2. The number of pyridine rings is 1. The number of nitrogens with zero attached hydrogens (tertiary/aromatic N) is 2. The van der Waals surface area contributed by atoms with Gasteiger partial charge in [-0.25, -0.2) is 9.78 Å². The molecule has 0 unspecified atom stereocenters. The third kappa shape index (κ3) is 5.14. The molecule has 2 N–H and O–H groups in total. The Morgan fingerprint density at radius 3 is 2.73 bits per heavy atom. The van der Waals surface area contributed by atoms with Crippen LogP contribution in [0, 0.1) is 5.92 Å². The summed E-state index contributed by atoms with van der Waals surface area (Å²) in [5.41, 5.74) is 2.22. The summed E-state index contributed by atoms with van der Waals surface area (Å²) in [5, 5.41) is 7.24. The van der Waals surface area contributed by atoms with Crippen molar-refractivity contribution in [1.29, 1.82) is 0 Å². The van der Waals surface area contributed by atoms with Crippen LogP contribution < -0.4 is 10.6 Å². The van der Waals surface area contributed by atoms with Gasteiger partial charge >= 0.3 is 5.97 Å². The monoisotopic (exact) mass is 458 g/mol. The number of carbonyl (C=O) groups excluding carboxylic acids is 2. The van der Waals surface area contributed by atoms with Crippen LogP contribution in [-0.4, -0.2) is 60.5 Å². The second kappa shape index (κ2) is 10.5. The van der Waals surface area contributed by atoms with E-state index in [4.69, 9.17) is 19.2 Å². The van der Waals surface area contributed by atoms with Crippen LogP contribution in [0.2, 0.25) is 0 Å². The van der Waals surface area contributed by atoms with Gasteiger partial charge in [-0.15, -0.1) is 0 Å². The third-order valence-electron chi connectivity index (χ3n) is 6.59. The maximum atomic E-state index is 12.9. The van der Waals surface area contributed by atoms with Gasteiger partial charge in [-0.05, 0) is 38.2 Å². The van der Waals surface area contributed by atoms with E-state index in [2.05, 4.69) is 10.6 Å². The lowest BCUT2D eigenvalue weighted by Crippen LogP contribution is -2.27. The average molecular weight is 459 g/mol. The number of anilines is 2. The average Bonchev–Trinajstić information content (AvgIpc) is 3.45. The highest BCUT2D eigenvalue weighted by Crippen LogP contribution is 2.34. The zero-order valence-corrected chi connectivity index (χ0v) is 19.7. The summed E-state index contributed by atoms with van der Waals surface area (Å²) >= 11 is 0. The Labute approximate surface area is 194 Å². The second-order valence-electron chi connectivity index (χ2n) is 8.89. The van der Waals surface area contributed by atoms with Crippen molar-refractivity contribution in [1.82, 2.24) is 9.55 Å². The molecule has 2 atom stereocenters. The van der Waals surface area contributed by atoms with Gasteiger partial charge in [0.15, 0.2) is 5.69 Å². The first-order chi connectivity index (χ1) is 16.0. The Kier molecular flexibility index (Phi) is 7.49. The number of esters is 1. The fourth-order valence-corrected chi connectivity index (χ4v) is 4.42. The van der Waals surface area contributed by atoms with Crippen LogP contribution in [0.25, 0.3) is 11.0 Å².